The van der Waals surface area contributed by atoms with Crippen molar-refractivity contribution in [2.24, 2.45) is 5.92 Å². The van der Waals surface area contributed by atoms with Crippen LogP contribution in [-0.4, -0.2) is 6.04 Å². The van der Waals surface area contributed by atoms with Crippen molar-refractivity contribution in [3.05, 3.63) is 34.6 Å². The van der Waals surface area contributed by atoms with E-state index < -0.39 is 0 Å². The van der Waals surface area contributed by atoms with Gasteiger partial charge in [-0.1, -0.05) is 31.0 Å². The Hall–Kier alpha value is -0.600. The van der Waals surface area contributed by atoms with E-state index in [2.05, 4.69) is 19.2 Å². The monoisotopic (exact) mass is 283 g/mol. The number of benzene rings is 1. The summed E-state index contributed by atoms with van der Waals surface area (Å²) in [7, 11) is 0. The summed E-state index contributed by atoms with van der Waals surface area (Å²) in [6, 6.07) is 5.82. The van der Waals surface area contributed by atoms with Gasteiger partial charge in [0, 0.05) is 12.1 Å². The molecular weight excluding hydrogens is 261 g/mol. The molecule has 1 nitrogen and oxygen atoms in total. The molecule has 106 valence electrons. The molecule has 0 aliphatic heterocycles. The number of halogens is 2. The van der Waals surface area contributed by atoms with Crippen molar-refractivity contribution in [2.75, 3.05) is 0 Å². The van der Waals surface area contributed by atoms with Gasteiger partial charge in [0.25, 0.3) is 0 Å². The van der Waals surface area contributed by atoms with Crippen LogP contribution >= 0.6 is 11.6 Å². The van der Waals surface area contributed by atoms with Gasteiger partial charge >= 0.3 is 0 Å². The molecule has 2 rings (SSSR count). The lowest BCUT2D eigenvalue weighted by Gasteiger charge is -2.31. The summed E-state index contributed by atoms with van der Waals surface area (Å²) in [6.07, 6.45) is 6.40. The summed E-state index contributed by atoms with van der Waals surface area (Å²) in [5, 5.41) is 3.81. The fourth-order valence-corrected chi connectivity index (χ4v) is 3.09. The van der Waals surface area contributed by atoms with E-state index in [1.54, 1.807) is 6.07 Å². The summed E-state index contributed by atoms with van der Waals surface area (Å²) < 4.78 is 13.5. The molecule has 0 amide bonds. The zero-order valence-corrected chi connectivity index (χ0v) is 12.5. The van der Waals surface area contributed by atoms with E-state index in [4.69, 9.17) is 11.6 Å². The largest absolute Gasteiger partial charge is 0.307 e. The van der Waals surface area contributed by atoms with Gasteiger partial charge < -0.3 is 5.32 Å². The first-order chi connectivity index (χ1) is 9.10. The lowest BCUT2D eigenvalue weighted by molar-refractivity contribution is 0.273. The molecular formula is C16H23ClFN. The van der Waals surface area contributed by atoms with E-state index in [-0.39, 0.29) is 16.9 Å². The fraction of sp³-hybridized carbons (Fsp3) is 0.625. The Balaban J connectivity index is 1.90. The third-order valence-electron chi connectivity index (χ3n) is 4.35. The van der Waals surface area contributed by atoms with Crippen molar-refractivity contribution in [3.63, 3.8) is 0 Å². The molecule has 0 aromatic heterocycles. The van der Waals surface area contributed by atoms with E-state index in [1.165, 1.54) is 38.2 Å². The molecule has 1 aromatic rings. The van der Waals surface area contributed by atoms with Crippen LogP contribution in [0.3, 0.4) is 0 Å². The molecule has 3 heteroatoms. The molecule has 0 saturated heterocycles. The van der Waals surface area contributed by atoms with Gasteiger partial charge in [-0.3, -0.25) is 0 Å². The van der Waals surface area contributed by atoms with Gasteiger partial charge in [-0.2, -0.15) is 0 Å². The summed E-state index contributed by atoms with van der Waals surface area (Å²) in [5.74, 6) is 0.573. The molecule has 1 aliphatic carbocycles. The van der Waals surface area contributed by atoms with E-state index in [1.807, 2.05) is 6.07 Å². The second-order valence-electron chi connectivity index (χ2n) is 5.69. The molecule has 1 aliphatic rings. The third kappa shape index (κ3) is 3.93. The van der Waals surface area contributed by atoms with Crippen LogP contribution in [0.5, 0.6) is 0 Å². The standard InChI is InChI=1S/C16H23ClFN/c1-3-12-4-7-14(8-5-12)19-11(2)13-6-9-15(17)16(18)10-13/h6,9-12,14,19H,3-5,7-8H2,1-2H3. The molecule has 1 atom stereocenters. The maximum Gasteiger partial charge on any atom is 0.142 e. The Morgan fingerprint density at radius 1 is 1.32 bits per heavy atom. The normalized spacial score (nSPS) is 25.3. The van der Waals surface area contributed by atoms with Crippen LogP contribution in [0, 0.1) is 11.7 Å². The highest BCUT2D eigenvalue weighted by Gasteiger charge is 2.21. The second-order valence-corrected chi connectivity index (χ2v) is 6.09. The molecule has 0 bridgehead atoms. The Kier molecular flexibility index (Phi) is 5.23. The second kappa shape index (κ2) is 6.71. The third-order valence-corrected chi connectivity index (χ3v) is 4.66. The van der Waals surface area contributed by atoms with E-state index in [0.717, 1.165) is 11.5 Å². The van der Waals surface area contributed by atoms with Crippen LogP contribution in [0.2, 0.25) is 5.02 Å². The van der Waals surface area contributed by atoms with Crippen LogP contribution < -0.4 is 5.32 Å². The number of hydrogen-bond acceptors (Lipinski definition) is 1. The van der Waals surface area contributed by atoms with Gasteiger partial charge in [-0.25, -0.2) is 4.39 Å². The molecule has 19 heavy (non-hydrogen) atoms. The molecule has 0 heterocycles. The van der Waals surface area contributed by atoms with Crippen molar-refractivity contribution in [1.82, 2.24) is 5.32 Å². The Morgan fingerprint density at radius 3 is 2.58 bits per heavy atom. The molecule has 1 saturated carbocycles. The zero-order chi connectivity index (χ0) is 13.8. The number of hydrogen-bond donors (Lipinski definition) is 1. The minimum absolute atomic E-state index is 0.176. The fourth-order valence-electron chi connectivity index (χ4n) is 2.97. The lowest BCUT2D eigenvalue weighted by atomic mass is 9.84. The number of rotatable bonds is 4. The topological polar surface area (TPSA) is 12.0 Å². The molecule has 0 spiro atoms. The van der Waals surface area contributed by atoms with Crippen LogP contribution in [0.4, 0.5) is 4.39 Å². The van der Waals surface area contributed by atoms with Gasteiger partial charge in [-0.15, -0.1) is 0 Å². The Labute approximate surface area is 120 Å². The van der Waals surface area contributed by atoms with Crippen LogP contribution in [0.1, 0.15) is 57.6 Å². The average molecular weight is 284 g/mol. The highest BCUT2D eigenvalue weighted by atomic mass is 35.5. The van der Waals surface area contributed by atoms with Crippen molar-refractivity contribution in [1.29, 1.82) is 0 Å². The van der Waals surface area contributed by atoms with Gasteiger partial charge in [0.15, 0.2) is 0 Å². The molecule has 0 radical (unpaired) electrons. The quantitative estimate of drug-likeness (QED) is 0.811. The molecule has 1 N–H and O–H groups in total. The SMILES string of the molecule is CCC1CCC(NC(C)c2ccc(Cl)c(F)c2)CC1. The highest BCUT2D eigenvalue weighted by Crippen LogP contribution is 2.28. The predicted molar refractivity (Wildman–Crippen MR) is 79.0 cm³/mol. The van der Waals surface area contributed by atoms with Crippen molar-refractivity contribution >= 4 is 11.6 Å². The van der Waals surface area contributed by atoms with Gasteiger partial charge in [0.1, 0.15) is 5.82 Å². The Bertz CT molecular complexity index is 413. The summed E-state index contributed by atoms with van der Waals surface area (Å²) in [5.41, 5.74) is 0.972. The maximum absolute atomic E-state index is 13.5. The minimum Gasteiger partial charge on any atom is -0.307 e. The van der Waals surface area contributed by atoms with Crippen molar-refractivity contribution < 1.29 is 4.39 Å². The Morgan fingerprint density at radius 2 is 2.00 bits per heavy atom. The van der Waals surface area contributed by atoms with Gasteiger partial charge in [-0.05, 0) is 56.2 Å². The lowest BCUT2D eigenvalue weighted by Crippen LogP contribution is -2.34. The minimum atomic E-state index is -0.331. The van der Waals surface area contributed by atoms with E-state index in [9.17, 15) is 4.39 Å². The smallest absolute Gasteiger partial charge is 0.142 e. The van der Waals surface area contributed by atoms with Gasteiger partial charge in [0.05, 0.1) is 5.02 Å². The molecule has 1 unspecified atom stereocenters. The number of nitrogens with one attached hydrogen (secondary N) is 1. The first kappa shape index (κ1) is 14.8. The van der Waals surface area contributed by atoms with Crippen LogP contribution in [0.25, 0.3) is 0 Å². The highest BCUT2D eigenvalue weighted by molar-refractivity contribution is 6.30. The molecule has 1 aromatic carbocycles. The zero-order valence-electron chi connectivity index (χ0n) is 11.8. The van der Waals surface area contributed by atoms with Crippen molar-refractivity contribution in [3.8, 4) is 0 Å². The maximum atomic E-state index is 13.5. The van der Waals surface area contributed by atoms with Gasteiger partial charge in [0.2, 0.25) is 0 Å². The predicted octanol–water partition coefficient (Wildman–Crippen LogP) is 5.10. The van der Waals surface area contributed by atoms with E-state index in [0.29, 0.717) is 6.04 Å². The van der Waals surface area contributed by atoms with Crippen LogP contribution in [-0.2, 0) is 0 Å². The first-order valence-electron chi connectivity index (χ1n) is 7.31. The average Bonchev–Trinajstić information content (AvgIpc) is 2.42. The van der Waals surface area contributed by atoms with Crippen LogP contribution in [0.15, 0.2) is 18.2 Å². The summed E-state index contributed by atoms with van der Waals surface area (Å²) >= 11 is 5.71. The summed E-state index contributed by atoms with van der Waals surface area (Å²) in [4.78, 5) is 0. The molecule has 1 fully saturated rings. The summed E-state index contributed by atoms with van der Waals surface area (Å²) in [6.45, 7) is 4.37. The first-order valence-corrected chi connectivity index (χ1v) is 7.69. The van der Waals surface area contributed by atoms with E-state index >= 15 is 0 Å². The van der Waals surface area contributed by atoms with Crippen molar-refractivity contribution in [2.45, 2.75) is 58.0 Å².